The molecule has 204 valence electrons. The van der Waals surface area contributed by atoms with Crippen LogP contribution in [0, 0.1) is 0 Å². The number of aromatic nitrogens is 2. The smallest absolute Gasteiger partial charge is 0.490 e. The Labute approximate surface area is 207 Å². The minimum absolute atomic E-state index is 0.552. The van der Waals surface area contributed by atoms with Gasteiger partial charge in [0, 0.05) is 44.1 Å². The zero-order valence-electron chi connectivity index (χ0n) is 19.4. The van der Waals surface area contributed by atoms with Gasteiger partial charge < -0.3 is 19.8 Å². The Hall–Kier alpha value is -3.62. The predicted octanol–water partition coefficient (Wildman–Crippen LogP) is 3.61. The summed E-state index contributed by atoms with van der Waals surface area (Å²) in [6.45, 7) is 3.21. The molecule has 4 rings (SSSR count). The second-order valence-corrected chi connectivity index (χ2v) is 7.88. The van der Waals surface area contributed by atoms with E-state index in [2.05, 4.69) is 31.9 Å². The van der Waals surface area contributed by atoms with Crippen molar-refractivity contribution in [1.82, 2.24) is 14.9 Å². The molecule has 0 saturated carbocycles. The summed E-state index contributed by atoms with van der Waals surface area (Å²) in [5, 5.41) is 14.2. The number of rotatable bonds is 4. The lowest BCUT2D eigenvalue weighted by Crippen LogP contribution is -2.37. The monoisotopic (exact) mass is 538 g/mol. The summed E-state index contributed by atoms with van der Waals surface area (Å²) in [7, 11) is 1.71. The van der Waals surface area contributed by atoms with Gasteiger partial charge in [0.25, 0.3) is 0 Å². The van der Waals surface area contributed by atoms with Gasteiger partial charge in [0.2, 0.25) is 5.95 Å². The first-order valence-corrected chi connectivity index (χ1v) is 10.7. The van der Waals surface area contributed by atoms with Crippen molar-refractivity contribution in [3.8, 4) is 5.75 Å². The van der Waals surface area contributed by atoms with Crippen LogP contribution < -0.4 is 9.64 Å². The van der Waals surface area contributed by atoms with Gasteiger partial charge in [-0.15, -0.1) is 0 Å². The van der Waals surface area contributed by atoms with Crippen molar-refractivity contribution in [3.63, 3.8) is 0 Å². The molecule has 2 fully saturated rings. The first kappa shape index (κ1) is 29.6. The van der Waals surface area contributed by atoms with Gasteiger partial charge >= 0.3 is 24.3 Å². The number of ether oxygens (including phenoxy) is 1. The number of carbonyl (C=O) groups is 2. The van der Waals surface area contributed by atoms with Gasteiger partial charge in [-0.3, -0.25) is 4.90 Å². The molecule has 2 N–H and O–H groups in total. The maximum atomic E-state index is 10.6. The van der Waals surface area contributed by atoms with Crippen LogP contribution in [0.2, 0.25) is 0 Å². The van der Waals surface area contributed by atoms with E-state index in [-0.39, 0.29) is 0 Å². The zero-order chi connectivity index (χ0) is 27.8. The van der Waals surface area contributed by atoms with Crippen LogP contribution in [0.15, 0.2) is 42.7 Å². The molecule has 37 heavy (non-hydrogen) atoms. The molecule has 9 nitrogen and oxygen atoms in total. The van der Waals surface area contributed by atoms with E-state index in [0.29, 0.717) is 12.1 Å². The van der Waals surface area contributed by atoms with Gasteiger partial charge in [0.15, 0.2) is 0 Å². The van der Waals surface area contributed by atoms with Crippen molar-refractivity contribution in [2.75, 3.05) is 25.1 Å². The minimum atomic E-state index is -5.08. The second kappa shape index (κ2) is 12.6. The molecule has 2 saturated heterocycles. The van der Waals surface area contributed by atoms with E-state index < -0.39 is 24.3 Å². The van der Waals surface area contributed by atoms with E-state index in [1.807, 2.05) is 30.6 Å². The van der Waals surface area contributed by atoms with Gasteiger partial charge in [-0.05, 0) is 36.6 Å². The molecule has 0 aliphatic carbocycles. The summed E-state index contributed by atoms with van der Waals surface area (Å²) < 4.78 is 68.7. The van der Waals surface area contributed by atoms with Crippen molar-refractivity contribution in [3.05, 3.63) is 48.3 Å². The summed E-state index contributed by atoms with van der Waals surface area (Å²) in [6, 6.07) is 11.5. The summed E-state index contributed by atoms with van der Waals surface area (Å²) in [5.41, 5.74) is 1.35. The fourth-order valence-corrected chi connectivity index (χ4v) is 3.92. The number of hydrogen-bond acceptors (Lipinski definition) is 7. The molecule has 2 aliphatic heterocycles. The highest BCUT2D eigenvalue weighted by molar-refractivity contribution is 5.73. The van der Waals surface area contributed by atoms with Crippen molar-refractivity contribution in [2.45, 2.75) is 43.8 Å². The third-order valence-corrected chi connectivity index (χ3v) is 5.53. The Morgan fingerprint density at radius 2 is 1.41 bits per heavy atom. The highest BCUT2D eigenvalue weighted by atomic mass is 19.4. The van der Waals surface area contributed by atoms with Crippen molar-refractivity contribution in [1.29, 1.82) is 0 Å². The van der Waals surface area contributed by atoms with Crippen molar-refractivity contribution < 1.29 is 50.9 Å². The molecule has 0 unspecified atom stereocenters. The van der Waals surface area contributed by atoms with E-state index in [1.54, 1.807) is 7.11 Å². The molecule has 3 heterocycles. The van der Waals surface area contributed by atoms with Crippen LogP contribution in [-0.2, 0) is 16.1 Å². The summed E-state index contributed by atoms with van der Waals surface area (Å²) in [4.78, 5) is 31.6. The largest absolute Gasteiger partial charge is 0.497 e. The topological polar surface area (TPSA) is 116 Å². The SMILES string of the molecule is COc1ccc(CN2CC[C@H]3[C@H]2CCN3c2ncccn2)cc1.O=C(O)C(F)(F)F.O=C(O)C(F)(F)F. The molecule has 15 heteroatoms. The number of alkyl halides is 6. The summed E-state index contributed by atoms with van der Waals surface area (Å²) in [5.74, 6) is -3.72. The Kier molecular flexibility index (Phi) is 10.1. The third-order valence-electron chi connectivity index (χ3n) is 5.53. The number of carboxylic acids is 2. The summed E-state index contributed by atoms with van der Waals surface area (Å²) in [6.07, 6.45) is -4.11. The normalized spacial score (nSPS) is 19.2. The van der Waals surface area contributed by atoms with E-state index in [1.165, 1.54) is 18.4 Å². The molecule has 2 aromatic rings. The van der Waals surface area contributed by atoms with Gasteiger partial charge in [0.05, 0.1) is 7.11 Å². The molecule has 2 atom stereocenters. The highest BCUT2D eigenvalue weighted by Gasteiger charge is 2.43. The van der Waals surface area contributed by atoms with Crippen LogP contribution in [0.5, 0.6) is 5.75 Å². The molecule has 2 aliphatic rings. The van der Waals surface area contributed by atoms with Gasteiger partial charge in [0.1, 0.15) is 5.75 Å². The number of carboxylic acid groups (broad SMARTS) is 2. The van der Waals surface area contributed by atoms with E-state index >= 15 is 0 Å². The van der Waals surface area contributed by atoms with Gasteiger partial charge in [-0.2, -0.15) is 26.3 Å². The molecular formula is C22H24F6N4O5. The molecule has 0 radical (unpaired) electrons. The molecule has 0 spiro atoms. The highest BCUT2D eigenvalue weighted by Crippen LogP contribution is 2.34. The molecule has 0 bridgehead atoms. The maximum Gasteiger partial charge on any atom is 0.490 e. The van der Waals surface area contributed by atoms with Crippen LogP contribution >= 0.6 is 0 Å². The van der Waals surface area contributed by atoms with Gasteiger partial charge in [-0.25, -0.2) is 19.6 Å². The fourth-order valence-electron chi connectivity index (χ4n) is 3.92. The fraction of sp³-hybridized carbons (Fsp3) is 0.455. The number of nitrogens with zero attached hydrogens (tertiary/aromatic N) is 4. The second-order valence-electron chi connectivity index (χ2n) is 7.88. The Bertz CT molecular complexity index is 997. The molecule has 0 amide bonds. The van der Waals surface area contributed by atoms with E-state index in [4.69, 9.17) is 24.5 Å². The van der Waals surface area contributed by atoms with Crippen molar-refractivity contribution in [2.24, 2.45) is 0 Å². The van der Waals surface area contributed by atoms with Crippen LogP contribution in [0.3, 0.4) is 0 Å². The third kappa shape index (κ3) is 8.77. The number of hydrogen-bond donors (Lipinski definition) is 2. The number of anilines is 1. The quantitative estimate of drug-likeness (QED) is 0.564. The van der Waals surface area contributed by atoms with Crippen molar-refractivity contribution >= 4 is 17.9 Å². The average Bonchev–Trinajstić information content (AvgIpc) is 3.43. The Balaban J connectivity index is 0.000000286. The lowest BCUT2D eigenvalue weighted by molar-refractivity contribution is -0.193. The molecule has 1 aromatic heterocycles. The van der Waals surface area contributed by atoms with E-state index in [0.717, 1.165) is 31.3 Å². The predicted molar refractivity (Wildman–Crippen MR) is 117 cm³/mol. The number of benzene rings is 1. The lowest BCUT2D eigenvalue weighted by atomic mass is 10.1. The molecule has 1 aromatic carbocycles. The molecular weight excluding hydrogens is 514 g/mol. The summed E-state index contributed by atoms with van der Waals surface area (Å²) >= 11 is 0. The first-order valence-electron chi connectivity index (χ1n) is 10.7. The van der Waals surface area contributed by atoms with E-state index in [9.17, 15) is 26.3 Å². The number of methoxy groups -OCH3 is 1. The van der Waals surface area contributed by atoms with Crippen LogP contribution in [0.1, 0.15) is 18.4 Å². The first-order chi connectivity index (χ1) is 17.2. The maximum absolute atomic E-state index is 10.6. The average molecular weight is 538 g/mol. The Morgan fingerprint density at radius 3 is 1.86 bits per heavy atom. The number of likely N-dealkylation sites (tertiary alicyclic amines) is 1. The zero-order valence-corrected chi connectivity index (χ0v) is 19.4. The van der Waals surface area contributed by atoms with Crippen LogP contribution in [0.4, 0.5) is 32.3 Å². The minimum Gasteiger partial charge on any atom is -0.497 e. The van der Waals surface area contributed by atoms with Gasteiger partial charge in [-0.1, -0.05) is 12.1 Å². The lowest BCUT2D eigenvalue weighted by Gasteiger charge is -2.25. The van der Waals surface area contributed by atoms with Crippen LogP contribution in [0.25, 0.3) is 0 Å². The number of halogens is 6. The standard InChI is InChI=1S/C18H22N4O.2C2HF3O2/c1-23-15-5-3-14(4-6-15)13-21-11-7-17-16(21)8-12-22(17)18-19-9-2-10-20-18;2*3-2(4,5)1(6)7/h2-6,9-10,16-17H,7-8,11-13H2,1H3;2*(H,6,7)/t16-,17+;;/m1../s1. The Morgan fingerprint density at radius 1 is 0.919 bits per heavy atom. The van der Waals surface area contributed by atoms with Crippen LogP contribution in [-0.4, -0.2) is 81.7 Å². The number of aliphatic carboxylic acids is 2. The number of fused-ring (bicyclic) bond motifs is 1.